The first-order valence-corrected chi connectivity index (χ1v) is 10.8. The van der Waals surface area contributed by atoms with Crippen LogP contribution in [0.15, 0.2) is 47.3 Å². The molecule has 0 aliphatic heterocycles. The van der Waals surface area contributed by atoms with E-state index in [9.17, 15) is 9.59 Å². The van der Waals surface area contributed by atoms with Gasteiger partial charge in [-0.2, -0.15) is 0 Å². The van der Waals surface area contributed by atoms with Crippen LogP contribution in [0.1, 0.15) is 24.2 Å². The van der Waals surface area contributed by atoms with E-state index in [2.05, 4.69) is 33.7 Å². The highest BCUT2D eigenvalue weighted by Crippen LogP contribution is 2.31. The number of carbonyl (C=O) groups excluding carboxylic acids is 1. The van der Waals surface area contributed by atoms with Crippen LogP contribution in [0.25, 0.3) is 33.3 Å². The molecule has 4 N–H and O–H groups in total. The number of hydrogen-bond acceptors (Lipinski definition) is 5. The van der Waals surface area contributed by atoms with E-state index >= 15 is 0 Å². The minimum atomic E-state index is -0.325. The number of aromatic nitrogens is 3. The van der Waals surface area contributed by atoms with Crippen molar-refractivity contribution in [1.82, 2.24) is 24.8 Å². The number of aromatic amines is 2. The second-order valence-corrected chi connectivity index (χ2v) is 7.86. The van der Waals surface area contributed by atoms with Crippen molar-refractivity contribution in [2.24, 2.45) is 0 Å². The first-order chi connectivity index (χ1) is 15.4. The van der Waals surface area contributed by atoms with Crippen molar-refractivity contribution in [2.45, 2.75) is 13.8 Å². The standard InChI is InChI=1S/C24H28N6O2/c1-4-30(5-2)13-12-29(3)24(32)15-10-11-17-16(14-15)20(25)21(26-17)22-23(31)28-19-9-7-6-8-18(19)27-22/h6-11,14,26H,4-5,12-13,25H2,1-3H3,(H,28,31). The SMILES string of the molecule is CCN(CC)CCN(C)C(=O)c1ccc2[nH]c(-c3nc4ccccc4[nH]c3=O)c(N)c2c1. The minimum Gasteiger partial charge on any atom is -0.396 e. The molecule has 0 unspecified atom stereocenters. The normalized spacial score (nSPS) is 11.5. The number of anilines is 1. The summed E-state index contributed by atoms with van der Waals surface area (Å²) in [4.78, 5) is 40.2. The fraction of sp³-hybridized carbons (Fsp3) is 0.292. The van der Waals surface area contributed by atoms with Gasteiger partial charge < -0.3 is 25.5 Å². The van der Waals surface area contributed by atoms with Gasteiger partial charge in [-0.25, -0.2) is 4.98 Å². The molecule has 4 aromatic rings. The molecule has 2 heterocycles. The predicted octanol–water partition coefficient (Wildman–Crippen LogP) is 3.07. The summed E-state index contributed by atoms with van der Waals surface area (Å²) in [7, 11) is 1.81. The number of rotatable bonds is 7. The average molecular weight is 433 g/mol. The maximum atomic E-state index is 13.0. The van der Waals surface area contributed by atoms with Crippen LogP contribution in [0, 0.1) is 0 Å². The molecule has 0 saturated carbocycles. The highest BCUT2D eigenvalue weighted by molar-refractivity contribution is 6.04. The van der Waals surface area contributed by atoms with E-state index in [4.69, 9.17) is 5.73 Å². The lowest BCUT2D eigenvalue weighted by molar-refractivity contribution is 0.0780. The zero-order valence-electron chi connectivity index (χ0n) is 18.6. The molecule has 0 aliphatic rings. The van der Waals surface area contributed by atoms with Gasteiger partial charge in [0.25, 0.3) is 11.5 Å². The van der Waals surface area contributed by atoms with Crippen LogP contribution < -0.4 is 11.3 Å². The number of nitrogens with one attached hydrogen (secondary N) is 2. The lowest BCUT2D eigenvalue weighted by Gasteiger charge is -2.23. The first-order valence-electron chi connectivity index (χ1n) is 10.8. The van der Waals surface area contributed by atoms with E-state index in [1.54, 1.807) is 30.1 Å². The summed E-state index contributed by atoms with van der Waals surface area (Å²) >= 11 is 0. The van der Waals surface area contributed by atoms with Crippen molar-refractivity contribution >= 4 is 33.5 Å². The predicted molar refractivity (Wildman–Crippen MR) is 129 cm³/mol. The van der Waals surface area contributed by atoms with Crippen molar-refractivity contribution in [3.05, 3.63) is 58.4 Å². The van der Waals surface area contributed by atoms with E-state index in [0.29, 0.717) is 39.9 Å². The Bertz CT molecular complexity index is 1340. The van der Waals surface area contributed by atoms with E-state index in [1.165, 1.54) is 0 Å². The van der Waals surface area contributed by atoms with E-state index < -0.39 is 0 Å². The van der Waals surface area contributed by atoms with Crippen molar-refractivity contribution in [2.75, 3.05) is 39.0 Å². The van der Waals surface area contributed by atoms with Crippen LogP contribution in [-0.4, -0.2) is 63.9 Å². The van der Waals surface area contributed by atoms with Crippen LogP contribution in [0.5, 0.6) is 0 Å². The first kappa shape index (κ1) is 21.6. The molecular weight excluding hydrogens is 404 g/mol. The summed E-state index contributed by atoms with van der Waals surface area (Å²) in [5, 5.41) is 0.692. The van der Waals surface area contributed by atoms with Gasteiger partial charge in [-0.15, -0.1) is 0 Å². The number of hydrogen-bond donors (Lipinski definition) is 3. The second kappa shape index (κ2) is 8.84. The number of amides is 1. The van der Waals surface area contributed by atoms with Crippen molar-refractivity contribution in [3.8, 4) is 11.4 Å². The maximum absolute atomic E-state index is 13.0. The molecule has 0 fully saturated rings. The lowest BCUT2D eigenvalue weighted by Crippen LogP contribution is -2.36. The van der Waals surface area contributed by atoms with Gasteiger partial charge in [-0.3, -0.25) is 9.59 Å². The number of benzene rings is 2. The molecular formula is C24H28N6O2. The van der Waals surface area contributed by atoms with Crippen molar-refractivity contribution in [1.29, 1.82) is 0 Å². The van der Waals surface area contributed by atoms with Gasteiger partial charge in [0.05, 0.1) is 22.4 Å². The van der Waals surface area contributed by atoms with Crippen LogP contribution in [-0.2, 0) is 0 Å². The minimum absolute atomic E-state index is 0.0668. The summed E-state index contributed by atoms with van der Waals surface area (Å²) in [6.07, 6.45) is 0. The van der Waals surface area contributed by atoms with E-state index in [0.717, 1.165) is 25.2 Å². The molecule has 0 spiro atoms. The molecule has 0 aliphatic carbocycles. The van der Waals surface area contributed by atoms with Gasteiger partial charge in [-0.05, 0) is 43.4 Å². The number of carbonyl (C=O) groups is 1. The maximum Gasteiger partial charge on any atom is 0.276 e. The van der Waals surface area contributed by atoms with Crippen LogP contribution in [0.2, 0.25) is 0 Å². The molecule has 2 aromatic heterocycles. The average Bonchev–Trinajstić information content (AvgIpc) is 3.14. The van der Waals surface area contributed by atoms with Gasteiger partial charge in [-0.1, -0.05) is 26.0 Å². The summed E-state index contributed by atoms with van der Waals surface area (Å²) in [6.45, 7) is 7.60. The number of H-pyrrole nitrogens is 2. The van der Waals surface area contributed by atoms with Gasteiger partial charge in [0.1, 0.15) is 0 Å². The molecule has 0 atom stereocenters. The number of nitrogens with two attached hydrogens (primary N) is 1. The molecule has 0 bridgehead atoms. The summed E-state index contributed by atoms with van der Waals surface area (Å²) in [6, 6.07) is 12.7. The Morgan fingerprint density at radius 3 is 2.53 bits per heavy atom. The third-order valence-corrected chi connectivity index (χ3v) is 5.91. The third-order valence-electron chi connectivity index (χ3n) is 5.91. The molecule has 0 radical (unpaired) electrons. The molecule has 1 amide bonds. The number of fused-ring (bicyclic) bond motifs is 2. The Morgan fingerprint density at radius 2 is 1.78 bits per heavy atom. The van der Waals surface area contributed by atoms with E-state index in [1.807, 2.05) is 24.3 Å². The highest BCUT2D eigenvalue weighted by atomic mass is 16.2. The number of nitrogens with zero attached hydrogens (tertiary/aromatic N) is 3. The third kappa shape index (κ3) is 3.97. The Labute approximate surface area is 186 Å². The van der Waals surface area contributed by atoms with Gasteiger partial charge in [0.15, 0.2) is 5.69 Å². The van der Waals surface area contributed by atoms with Gasteiger partial charge in [0.2, 0.25) is 0 Å². The molecule has 32 heavy (non-hydrogen) atoms. The van der Waals surface area contributed by atoms with Gasteiger partial charge in [0, 0.05) is 36.6 Å². The molecule has 166 valence electrons. The van der Waals surface area contributed by atoms with Crippen molar-refractivity contribution < 1.29 is 4.79 Å². The van der Waals surface area contributed by atoms with Crippen molar-refractivity contribution in [3.63, 3.8) is 0 Å². The fourth-order valence-corrected chi connectivity index (χ4v) is 3.88. The molecule has 8 nitrogen and oxygen atoms in total. The van der Waals surface area contributed by atoms with Crippen LogP contribution in [0.3, 0.4) is 0 Å². The quantitative estimate of drug-likeness (QED) is 0.416. The zero-order chi connectivity index (χ0) is 22.8. The monoisotopic (exact) mass is 432 g/mol. The van der Waals surface area contributed by atoms with E-state index in [-0.39, 0.29) is 17.2 Å². The smallest absolute Gasteiger partial charge is 0.276 e. The molecule has 8 heteroatoms. The molecule has 4 rings (SSSR count). The Hall–Kier alpha value is -3.65. The topological polar surface area (TPSA) is 111 Å². The molecule has 2 aromatic carbocycles. The zero-order valence-corrected chi connectivity index (χ0v) is 18.6. The number of likely N-dealkylation sites (N-methyl/N-ethyl adjacent to an activating group) is 2. The summed E-state index contributed by atoms with van der Waals surface area (Å²) in [5.41, 5.74) is 9.79. The molecule has 0 saturated heterocycles. The van der Waals surface area contributed by atoms with Crippen LogP contribution in [0.4, 0.5) is 5.69 Å². The fourth-order valence-electron chi connectivity index (χ4n) is 3.88. The Kier molecular flexibility index (Phi) is 5.96. The Balaban J connectivity index is 1.67. The highest BCUT2D eigenvalue weighted by Gasteiger charge is 2.18. The number of nitrogen functional groups attached to an aromatic ring is 1. The van der Waals surface area contributed by atoms with Crippen LogP contribution >= 0.6 is 0 Å². The second-order valence-electron chi connectivity index (χ2n) is 7.86. The number of para-hydroxylation sites is 2. The Morgan fingerprint density at radius 1 is 1.03 bits per heavy atom. The lowest BCUT2D eigenvalue weighted by atomic mass is 10.1. The summed E-state index contributed by atoms with van der Waals surface area (Å²) < 4.78 is 0. The largest absolute Gasteiger partial charge is 0.396 e. The van der Waals surface area contributed by atoms with Gasteiger partial charge >= 0.3 is 0 Å². The summed E-state index contributed by atoms with van der Waals surface area (Å²) in [5.74, 6) is -0.0668.